The van der Waals surface area contributed by atoms with Crippen LogP contribution in [0.4, 0.5) is 5.95 Å². The number of methoxy groups -OCH3 is 1. The van der Waals surface area contributed by atoms with Crippen molar-refractivity contribution in [1.29, 1.82) is 0 Å². The van der Waals surface area contributed by atoms with E-state index in [1.54, 1.807) is 40.8 Å². The number of carbonyl (C=O) groups excluding carboxylic acids is 2. The lowest BCUT2D eigenvalue weighted by atomic mass is 10.2. The topological polar surface area (TPSA) is 76.5 Å². The summed E-state index contributed by atoms with van der Waals surface area (Å²) in [4.78, 5) is 31.7. The molecule has 33 heavy (non-hydrogen) atoms. The van der Waals surface area contributed by atoms with Crippen molar-refractivity contribution in [2.75, 3.05) is 32.1 Å². The van der Waals surface area contributed by atoms with Crippen molar-refractivity contribution >= 4 is 41.0 Å². The first kappa shape index (κ1) is 23.3. The first-order valence-electron chi connectivity index (χ1n) is 10.6. The molecule has 1 saturated carbocycles. The number of halogens is 2. The second-order valence-corrected chi connectivity index (χ2v) is 8.75. The number of imidazole rings is 1. The quantitative estimate of drug-likeness (QED) is 0.476. The van der Waals surface area contributed by atoms with Crippen LogP contribution >= 0.6 is 23.2 Å². The normalized spacial score (nSPS) is 13.1. The van der Waals surface area contributed by atoms with Crippen LogP contribution in [0.15, 0.2) is 54.7 Å². The third-order valence-corrected chi connectivity index (χ3v) is 5.81. The molecule has 7 nitrogen and oxygen atoms in total. The summed E-state index contributed by atoms with van der Waals surface area (Å²) in [6.07, 6.45) is 3.56. The Morgan fingerprint density at radius 3 is 2.58 bits per heavy atom. The zero-order valence-corrected chi connectivity index (χ0v) is 19.6. The van der Waals surface area contributed by atoms with Gasteiger partial charge in [0.25, 0.3) is 0 Å². The Bertz CT molecular complexity index is 1140. The number of hydrogen-bond acceptors (Lipinski definition) is 4. The van der Waals surface area contributed by atoms with Crippen molar-refractivity contribution in [3.05, 3.63) is 64.8 Å². The Hall–Kier alpha value is -2.87. The number of ether oxygens (including phenoxy) is 1. The molecule has 1 aliphatic rings. The van der Waals surface area contributed by atoms with Crippen LogP contribution in [0.1, 0.15) is 12.8 Å². The average Bonchev–Trinajstić information content (AvgIpc) is 3.57. The summed E-state index contributed by atoms with van der Waals surface area (Å²) in [5.41, 5.74) is 2.25. The van der Waals surface area contributed by atoms with Gasteiger partial charge in [0, 0.05) is 47.1 Å². The molecule has 1 N–H and O–H groups in total. The molecule has 0 aliphatic heterocycles. The minimum atomic E-state index is -0.336. The van der Waals surface area contributed by atoms with Crippen molar-refractivity contribution in [2.45, 2.75) is 12.8 Å². The van der Waals surface area contributed by atoms with Crippen molar-refractivity contribution in [3.63, 3.8) is 0 Å². The number of nitrogens with one attached hydrogen (secondary N) is 1. The lowest BCUT2D eigenvalue weighted by Crippen LogP contribution is -2.41. The van der Waals surface area contributed by atoms with E-state index in [0.717, 1.165) is 24.1 Å². The zero-order chi connectivity index (χ0) is 23.4. The van der Waals surface area contributed by atoms with E-state index in [1.807, 2.05) is 30.5 Å². The van der Waals surface area contributed by atoms with E-state index in [-0.39, 0.29) is 24.3 Å². The van der Waals surface area contributed by atoms with Gasteiger partial charge in [-0.1, -0.05) is 41.4 Å². The largest absolute Gasteiger partial charge is 0.383 e. The molecule has 1 fully saturated rings. The number of nitrogens with zero attached hydrogens (tertiary/aromatic N) is 3. The summed E-state index contributed by atoms with van der Waals surface area (Å²) in [5, 5.41) is 4.05. The Morgan fingerprint density at radius 1 is 1.15 bits per heavy atom. The summed E-state index contributed by atoms with van der Waals surface area (Å²) in [6.45, 7) is 0.652. The third kappa shape index (κ3) is 5.93. The molecule has 0 radical (unpaired) electrons. The number of rotatable bonds is 9. The monoisotopic (exact) mass is 486 g/mol. The van der Waals surface area contributed by atoms with Crippen molar-refractivity contribution in [2.24, 2.45) is 5.92 Å². The molecular weight excluding hydrogens is 463 g/mol. The molecule has 2 amide bonds. The van der Waals surface area contributed by atoms with Gasteiger partial charge in [0.1, 0.15) is 6.54 Å². The van der Waals surface area contributed by atoms with Crippen LogP contribution < -0.4 is 5.32 Å². The molecule has 1 aliphatic carbocycles. The van der Waals surface area contributed by atoms with E-state index >= 15 is 0 Å². The highest BCUT2D eigenvalue weighted by atomic mass is 35.5. The summed E-state index contributed by atoms with van der Waals surface area (Å²) in [7, 11) is 1.57. The smallest absolute Gasteiger partial charge is 0.246 e. The van der Waals surface area contributed by atoms with Crippen LogP contribution in [0.2, 0.25) is 10.0 Å². The van der Waals surface area contributed by atoms with Crippen molar-refractivity contribution in [1.82, 2.24) is 14.5 Å². The fraction of sp³-hybridized carbons (Fsp3) is 0.292. The van der Waals surface area contributed by atoms with Gasteiger partial charge >= 0.3 is 0 Å². The maximum absolute atomic E-state index is 12.9. The third-order valence-electron chi connectivity index (χ3n) is 5.32. The molecule has 1 aromatic heterocycles. The molecule has 4 rings (SSSR count). The number of hydrogen-bond donors (Lipinski definition) is 1. The number of carbonyl (C=O) groups is 2. The summed E-state index contributed by atoms with van der Waals surface area (Å²) in [6, 6.07) is 14.5. The van der Waals surface area contributed by atoms with Gasteiger partial charge in [0.15, 0.2) is 0 Å². The van der Waals surface area contributed by atoms with E-state index in [1.165, 1.54) is 0 Å². The minimum absolute atomic E-state index is 0.0118. The minimum Gasteiger partial charge on any atom is -0.383 e. The second-order valence-electron chi connectivity index (χ2n) is 7.88. The Morgan fingerprint density at radius 2 is 1.91 bits per heavy atom. The van der Waals surface area contributed by atoms with E-state index in [0.29, 0.717) is 34.8 Å². The Labute approximate surface area is 202 Å². The fourth-order valence-corrected chi connectivity index (χ4v) is 3.76. The summed E-state index contributed by atoms with van der Waals surface area (Å²) >= 11 is 12.2. The average molecular weight is 487 g/mol. The molecule has 0 spiro atoms. The maximum Gasteiger partial charge on any atom is 0.246 e. The molecule has 0 saturated heterocycles. The van der Waals surface area contributed by atoms with Gasteiger partial charge in [-0.15, -0.1) is 0 Å². The van der Waals surface area contributed by atoms with E-state index in [2.05, 4.69) is 10.3 Å². The van der Waals surface area contributed by atoms with Crippen LogP contribution in [-0.2, 0) is 14.3 Å². The lowest BCUT2D eigenvalue weighted by molar-refractivity contribution is -0.136. The molecular formula is C24H24Cl2N4O3. The molecule has 1 heterocycles. The molecule has 0 unspecified atom stereocenters. The first-order chi connectivity index (χ1) is 15.9. The molecule has 0 atom stereocenters. The predicted octanol–water partition coefficient (Wildman–Crippen LogP) is 4.67. The van der Waals surface area contributed by atoms with E-state index in [4.69, 9.17) is 27.9 Å². The van der Waals surface area contributed by atoms with Gasteiger partial charge in [0.05, 0.1) is 12.3 Å². The maximum atomic E-state index is 12.9. The highest BCUT2D eigenvalue weighted by Crippen LogP contribution is 2.31. The van der Waals surface area contributed by atoms with Crippen LogP contribution in [0.3, 0.4) is 0 Å². The highest BCUT2D eigenvalue weighted by molar-refractivity contribution is 6.31. The second kappa shape index (κ2) is 10.4. The Balaban J connectivity index is 1.60. The SMILES string of the molecule is COCCN(CC(=O)Nc1nc(-c2ccc(Cl)cc2)cn1-c1cccc(Cl)c1)C(=O)C1CC1. The molecule has 9 heteroatoms. The standard InChI is InChI=1S/C24H24Cl2N4O3/c1-33-12-11-29(23(32)17-5-6-17)15-22(31)28-24-27-21(16-7-9-18(25)10-8-16)14-30(24)20-4-2-3-19(26)13-20/h2-4,7-10,13-14,17H,5-6,11-12,15H2,1H3,(H,27,28,31). The number of aromatic nitrogens is 2. The van der Waals surface area contributed by atoms with E-state index in [9.17, 15) is 9.59 Å². The van der Waals surface area contributed by atoms with Crippen LogP contribution in [0.5, 0.6) is 0 Å². The number of benzene rings is 2. The molecule has 2 aromatic carbocycles. The first-order valence-corrected chi connectivity index (χ1v) is 11.4. The van der Waals surface area contributed by atoms with Gasteiger partial charge in [-0.3, -0.25) is 19.5 Å². The Kier molecular flexibility index (Phi) is 7.33. The van der Waals surface area contributed by atoms with Gasteiger partial charge in [0.2, 0.25) is 17.8 Å². The fourth-order valence-electron chi connectivity index (χ4n) is 3.45. The zero-order valence-electron chi connectivity index (χ0n) is 18.1. The molecule has 3 aromatic rings. The van der Waals surface area contributed by atoms with Crippen molar-refractivity contribution < 1.29 is 14.3 Å². The summed E-state index contributed by atoms with van der Waals surface area (Å²) in [5.74, 6) is -0.00346. The van der Waals surface area contributed by atoms with Gasteiger partial charge < -0.3 is 9.64 Å². The van der Waals surface area contributed by atoms with Crippen LogP contribution in [0, 0.1) is 5.92 Å². The molecule has 172 valence electrons. The lowest BCUT2D eigenvalue weighted by Gasteiger charge is -2.21. The van der Waals surface area contributed by atoms with Gasteiger partial charge in [-0.2, -0.15) is 0 Å². The van der Waals surface area contributed by atoms with E-state index < -0.39 is 0 Å². The summed E-state index contributed by atoms with van der Waals surface area (Å²) < 4.78 is 6.87. The number of amides is 2. The number of anilines is 1. The molecule has 0 bridgehead atoms. The van der Waals surface area contributed by atoms with Gasteiger partial charge in [-0.25, -0.2) is 4.98 Å². The predicted molar refractivity (Wildman–Crippen MR) is 129 cm³/mol. The van der Waals surface area contributed by atoms with Crippen molar-refractivity contribution in [3.8, 4) is 16.9 Å². The van der Waals surface area contributed by atoms with Gasteiger partial charge in [-0.05, 0) is 43.2 Å². The van der Waals surface area contributed by atoms with Crippen LogP contribution in [-0.4, -0.2) is 53.1 Å². The van der Waals surface area contributed by atoms with Crippen LogP contribution in [0.25, 0.3) is 16.9 Å². The highest BCUT2D eigenvalue weighted by Gasteiger charge is 2.34.